The molecule has 8 heteroatoms. The Morgan fingerprint density at radius 3 is 2.44 bits per heavy atom. The number of amides is 2. The number of hydrogen-bond acceptors (Lipinski definition) is 5. The highest BCUT2D eigenvalue weighted by molar-refractivity contribution is 6.07. The molecule has 2 aromatic carbocycles. The van der Waals surface area contributed by atoms with Crippen LogP contribution >= 0.6 is 0 Å². The van der Waals surface area contributed by atoms with Crippen molar-refractivity contribution >= 4 is 23.2 Å². The molecule has 0 aliphatic carbocycles. The molecular weight excluding hydrogens is 350 g/mol. The van der Waals surface area contributed by atoms with Gasteiger partial charge in [0.15, 0.2) is 0 Å². The van der Waals surface area contributed by atoms with Crippen LogP contribution in [0.15, 0.2) is 42.5 Å². The number of ether oxygens (including phenoxy) is 1. The van der Waals surface area contributed by atoms with Crippen LogP contribution in [0.4, 0.5) is 11.4 Å². The maximum atomic E-state index is 12.6. The molecule has 0 fully saturated rings. The van der Waals surface area contributed by atoms with Crippen LogP contribution in [0.2, 0.25) is 0 Å². The number of nitro benzene ring substituents is 1. The Kier molecular flexibility index (Phi) is 6.48. The van der Waals surface area contributed by atoms with Crippen molar-refractivity contribution in [3.05, 3.63) is 63.7 Å². The predicted octanol–water partition coefficient (Wildman–Crippen LogP) is 3.34. The summed E-state index contributed by atoms with van der Waals surface area (Å²) >= 11 is 0. The highest BCUT2D eigenvalue weighted by Crippen LogP contribution is 2.25. The number of carbonyl (C=O) groups is 2. The molecule has 0 spiro atoms. The van der Waals surface area contributed by atoms with Crippen molar-refractivity contribution < 1.29 is 19.2 Å². The van der Waals surface area contributed by atoms with E-state index in [2.05, 4.69) is 5.32 Å². The number of methoxy groups -OCH3 is 1. The van der Waals surface area contributed by atoms with Crippen LogP contribution in [0, 0.1) is 10.1 Å². The van der Waals surface area contributed by atoms with Crippen LogP contribution in [0.1, 0.15) is 34.6 Å². The first-order valence-electron chi connectivity index (χ1n) is 8.44. The number of hydrogen-bond donors (Lipinski definition) is 1. The van der Waals surface area contributed by atoms with Crippen LogP contribution in [0.25, 0.3) is 0 Å². The van der Waals surface area contributed by atoms with E-state index in [9.17, 15) is 19.7 Å². The monoisotopic (exact) mass is 371 g/mol. The van der Waals surface area contributed by atoms with Gasteiger partial charge in [-0.25, -0.2) is 0 Å². The van der Waals surface area contributed by atoms with E-state index in [1.165, 1.54) is 19.2 Å². The molecule has 27 heavy (non-hydrogen) atoms. The molecule has 0 saturated carbocycles. The molecule has 0 radical (unpaired) electrons. The van der Waals surface area contributed by atoms with Gasteiger partial charge >= 0.3 is 0 Å². The van der Waals surface area contributed by atoms with E-state index < -0.39 is 10.8 Å². The van der Waals surface area contributed by atoms with Crippen LogP contribution in [-0.2, 0) is 0 Å². The quantitative estimate of drug-likeness (QED) is 0.594. The molecule has 0 bridgehead atoms. The Morgan fingerprint density at radius 2 is 1.85 bits per heavy atom. The van der Waals surface area contributed by atoms with Gasteiger partial charge in [0, 0.05) is 36.5 Å². The number of carbonyl (C=O) groups excluding carboxylic acids is 2. The maximum absolute atomic E-state index is 12.6. The van der Waals surface area contributed by atoms with Gasteiger partial charge in [-0.3, -0.25) is 19.7 Å². The van der Waals surface area contributed by atoms with Crippen molar-refractivity contribution in [1.29, 1.82) is 0 Å². The predicted molar refractivity (Wildman–Crippen MR) is 101 cm³/mol. The van der Waals surface area contributed by atoms with E-state index in [1.807, 2.05) is 13.8 Å². The number of nitrogens with one attached hydrogen (secondary N) is 1. The summed E-state index contributed by atoms with van der Waals surface area (Å²) in [7, 11) is 1.38. The van der Waals surface area contributed by atoms with E-state index in [1.54, 1.807) is 29.2 Å². The Bertz CT molecular complexity index is 862. The van der Waals surface area contributed by atoms with Crippen molar-refractivity contribution in [2.24, 2.45) is 0 Å². The Morgan fingerprint density at radius 1 is 1.15 bits per heavy atom. The second-order valence-corrected chi connectivity index (χ2v) is 5.65. The fourth-order valence-electron chi connectivity index (χ4n) is 2.61. The van der Waals surface area contributed by atoms with E-state index in [0.717, 1.165) is 6.07 Å². The molecule has 8 nitrogen and oxygen atoms in total. The maximum Gasteiger partial charge on any atom is 0.270 e. The molecule has 0 atom stereocenters. The number of non-ortho nitro benzene ring substituents is 1. The van der Waals surface area contributed by atoms with Crippen molar-refractivity contribution in [2.75, 3.05) is 25.5 Å². The van der Waals surface area contributed by atoms with Crippen molar-refractivity contribution in [2.45, 2.75) is 13.8 Å². The first kappa shape index (κ1) is 19.9. The zero-order chi connectivity index (χ0) is 20.0. The average Bonchev–Trinajstić information content (AvgIpc) is 2.68. The summed E-state index contributed by atoms with van der Waals surface area (Å²) < 4.78 is 5.12. The van der Waals surface area contributed by atoms with E-state index in [4.69, 9.17) is 4.74 Å². The number of nitrogens with zero attached hydrogens (tertiary/aromatic N) is 2. The lowest BCUT2D eigenvalue weighted by Crippen LogP contribution is -2.30. The number of rotatable bonds is 7. The number of benzene rings is 2. The molecule has 2 amide bonds. The second kappa shape index (κ2) is 8.79. The summed E-state index contributed by atoms with van der Waals surface area (Å²) in [6.07, 6.45) is 0. The molecule has 142 valence electrons. The Hall–Kier alpha value is -3.42. The molecular formula is C19H21N3O5. The van der Waals surface area contributed by atoms with Gasteiger partial charge in [-0.15, -0.1) is 0 Å². The van der Waals surface area contributed by atoms with Gasteiger partial charge in [0.25, 0.3) is 17.5 Å². The Balaban J connectivity index is 2.29. The molecule has 0 aliphatic rings. The summed E-state index contributed by atoms with van der Waals surface area (Å²) in [5.41, 5.74) is 0.674. The fourth-order valence-corrected chi connectivity index (χ4v) is 2.61. The standard InChI is InChI=1S/C19H21N3O5/c1-4-21(5-2)19(24)13-7-6-8-14(11-13)20-18(23)16-12-15(22(25)26)9-10-17(16)27-3/h6-12H,4-5H2,1-3H3,(H,20,23). The minimum atomic E-state index is -0.584. The van der Waals surface area contributed by atoms with E-state index >= 15 is 0 Å². The first-order valence-corrected chi connectivity index (χ1v) is 8.44. The molecule has 1 N–H and O–H groups in total. The summed E-state index contributed by atoms with van der Waals surface area (Å²) in [5, 5.41) is 13.6. The van der Waals surface area contributed by atoms with Gasteiger partial charge in [-0.2, -0.15) is 0 Å². The van der Waals surface area contributed by atoms with Gasteiger partial charge in [0.1, 0.15) is 5.75 Å². The lowest BCUT2D eigenvalue weighted by molar-refractivity contribution is -0.384. The van der Waals surface area contributed by atoms with Crippen LogP contribution < -0.4 is 10.1 Å². The van der Waals surface area contributed by atoms with Gasteiger partial charge in [-0.05, 0) is 38.1 Å². The number of nitro groups is 1. The molecule has 0 aromatic heterocycles. The molecule has 0 heterocycles. The molecule has 0 aliphatic heterocycles. The first-order chi connectivity index (χ1) is 12.9. The molecule has 2 rings (SSSR count). The molecule has 0 saturated heterocycles. The summed E-state index contributed by atoms with van der Waals surface area (Å²) in [6, 6.07) is 10.3. The largest absolute Gasteiger partial charge is 0.496 e. The van der Waals surface area contributed by atoms with Gasteiger partial charge in [-0.1, -0.05) is 6.07 Å². The molecule has 2 aromatic rings. The highest BCUT2D eigenvalue weighted by Gasteiger charge is 2.18. The SMILES string of the molecule is CCN(CC)C(=O)c1cccc(NC(=O)c2cc([N+](=O)[O-])ccc2OC)c1. The van der Waals surface area contributed by atoms with Crippen LogP contribution in [-0.4, -0.2) is 41.8 Å². The van der Waals surface area contributed by atoms with Crippen molar-refractivity contribution in [1.82, 2.24) is 4.90 Å². The summed E-state index contributed by atoms with van der Waals surface area (Å²) in [6.45, 7) is 4.94. The lowest BCUT2D eigenvalue weighted by atomic mass is 10.1. The highest BCUT2D eigenvalue weighted by atomic mass is 16.6. The topological polar surface area (TPSA) is 102 Å². The smallest absolute Gasteiger partial charge is 0.270 e. The zero-order valence-corrected chi connectivity index (χ0v) is 15.4. The normalized spacial score (nSPS) is 10.2. The summed E-state index contributed by atoms with van der Waals surface area (Å²) in [4.78, 5) is 37.1. The van der Waals surface area contributed by atoms with Crippen LogP contribution in [0.5, 0.6) is 5.75 Å². The number of anilines is 1. The summed E-state index contributed by atoms with van der Waals surface area (Å²) in [5.74, 6) is -0.486. The molecule has 0 unspecified atom stereocenters. The van der Waals surface area contributed by atoms with Crippen molar-refractivity contribution in [3.8, 4) is 5.75 Å². The Labute approximate surface area is 156 Å². The van der Waals surface area contributed by atoms with Gasteiger partial charge in [0.05, 0.1) is 17.6 Å². The van der Waals surface area contributed by atoms with Gasteiger partial charge in [0.2, 0.25) is 0 Å². The third-order valence-electron chi connectivity index (χ3n) is 4.06. The average molecular weight is 371 g/mol. The third-order valence-corrected chi connectivity index (χ3v) is 4.06. The zero-order valence-electron chi connectivity index (χ0n) is 15.4. The minimum absolute atomic E-state index is 0.0344. The second-order valence-electron chi connectivity index (χ2n) is 5.65. The lowest BCUT2D eigenvalue weighted by Gasteiger charge is -2.19. The fraction of sp³-hybridized carbons (Fsp3) is 0.263. The van der Waals surface area contributed by atoms with Gasteiger partial charge < -0.3 is 15.0 Å². The van der Waals surface area contributed by atoms with Crippen LogP contribution in [0.3, 0.4) is 0 Å². The third kappa shape index (κ3) is 4.60. The van der Waals surface area contributed by atoms with Crippen molar-refractivity contribution in [3.63, 3.8) is 0 Å². The van der Waals surface area contributed by atoms with E-state index in [0.29, 0.717) is 24.3 Å². The minimum Gasteiger partial charge on any atom is -0.496 e. The van der Waals surface area contributed by atoms with E-state index in [-0.39, 0.29) is 22.9 Å².